The predicted molar refractivity (Wildman–Crippen MR) is 120 cm³/mol. The summed E-state index contributed by atoms with van der Waals surface area (Å²) < 4.78 is 0. The lowest BCUT2D eigenvalue weighted by Crippen LogP contribution is -2.51. The van der Waals surface area contributed by atoms with E-state index in [4.69, 9.17) is 22.3 Å². The molecule has 1 unspecified atom stereocenters. The Labute approximate surface area is 182 Å². The lowest BCUT2D eigenvalue weighted by atomic mass is 9.83. The van der Waals surface area contributed by atoms with Crippen molar-refractivity contribution in [3.05, 3.63) is 59.1 Å². The Bertz CT molecular complexity index is 986. The highest BCUT2D eigenvalue weighted by Gasteiger charge is 2.59. The summed E-state index contributed by atoms with van der Waals surface area (Å²) in [5, 5.41) is 10.6. The summed E-state index contributed by atoms with van der Waals surface area (Å²) in [5.74, 6) is 0.539. The Morgan fingerprint density at radius 3 is 2.47 bits per heavy atom. The molecule has 5 nitrogen and oxygen atoms in total. The highest BCUT2D eigenvalue weighted by Crippen LogP contribution is 2.52. The van der Waals surface area contributed by atoms with Gasteiger partial charge in [0, 0.05) is 5.02 Å². The third-order valence-electron chi connectivity index (χ3n) is 6.03. The van der Waals surface area contributed by atoms with Crippen molar-refractivity contribution in [2.45, 2.75) is 44.7 Å². The summed E-state index contributed by atoms with van der Waals surface area (Å²) in [7, 11) is 0. The number of benzene rings is 2. The van der Waals surface area contributed by atoms with Crippen molar-refractivity contribution >= 4 is 23.5 Å². The van der Waals surface area contributed by atoms with Gasteiger partial charge in [0.05, 0.1) is 12.6 Å². The van der Waals surface area contributed by atoms with Crippen molar-refractivity contribution < 1.29 is 9.90 Å². The summed E-state index contributed by atoms with van der Waals surface area (Å²) in [6.07, 6.45) is 2.54. The molecule has 0 radical (unpaired) electrons. The van der Waals surface area contributed by atoms with Crippen LogP contribution in [0, 0.1) is 11.8 Å². The number of carbonyl (C=O) groups excluding carboxylic acids is 1. The maximum atomic E-state index is 13.8. The van der Waals surface area contributed by atoms with Crippen LogP contribution >= 0.6 is 11.6 Å². The monoisotopic (exact) mass is 425 g/mol. The summed E-state index contributed by atoms with van der Waals surface area (Å²) in [6, 6.07) is 15.3. The van der Waals surface area contributed by atoms with Crippen LogP contribution in [0.3, 0.4) is 0 Å². The van der Waals surface area contributed by atoms with Crippen molar-refractivity contribution in [1.29, 1.82) is 0 Å². The minimum absolute atomic E-state index is 0.120. The summed E-state index contributed by atoms with van der Waals surface area (Å²) in [4.78, 5) is 20.1. The number of hydrogen-bond donors (Lipinski definition) is 2. The van der Waals surface area contributed by atoms with Gasteiger partial charge in [-0.15, -0.1) is 0 Å². The minimum Gasteiger partial charge on any atom is -0.394 e. The Kier molecular flexibility index (Phi) is 5.60. The molecule has 2 aromatic carbocycles. The molecule has 0 saturated heterocycles. The van der Waals surface area contributed by atoms with Crippen LogP contribution in [0.25, 0.3) is 11.1 Å². The first-order chi connectivity index (χ1) is 14.4. The minimum atomic E-state index is -1.01. The molecule has 1 amide bonds. The van der Waals surface area contributed by atoms with Gasteiger partial charge in [0.1, 0.15) is 0 Å². The number of amides is 1. The van der Waals surface area contributed by atoms with Crippen LogP contribution in [-0.4, -0.2) is 34.5 Å². The van der Waals surface area contributed by atoms with E-state index in [9.17, 15) is 9.90 Å². The Hall–Kier alpha value is -2.37. The lowest BCUT2D eigenvalue weighted by molar-refractivity contribution is -0.134. The van der Waals surface area contributed by atoms with Gasteiger partial charge in [0.25, 0.3) is 5.91 Å². The summed E-state index contributed by atoms with van der Waals surface area (Å²) >= 11 is 6.18. The molecule has 2 aliphatic rings. The second-order valence-electron chi connectivity index (χ2n) is 8.74. The Morgan fingerprint density at radius 1 is 1.20 bits per heavy atom. The molecule has 0 aromatic heterocycles. The van der Waals surface area contributed by atoms with Crippen molar-refractivity contribution in [1.82, 2.24) is 4.90 Å². The van der Waals surface area contributed by atoms with Crippen LogP contribution in [0.4, 0.5) is 0 Å². The molecule has 1 fully saturated rings. The van der Waals surface area contributed by atoms with Crippen molar-refractivity contribution in [3.8, 4) is 11.1 Å². The molecule has 2 atom stereocenters. The molecule has 1 aliphatic heterocycles. The first-order valence-electron chi connectivity index (χ1n) is 10.5. The van der Waals surface area contributed by atoms with E-state index < -0.39 is 5.54 Å². The number of aliphatic hydroxyl groups excluding tert-OH is 1. The van der Waals surface area contributed by atoms with E-state index in [2.05, 4.69) is 13.8 Å². The van der Waals surface area contributed by atoms with Gasteiger partial charge in [-0.3, -0.25) is 9.69 Å². The number of aliphatic hydroxyl groups is 1. The highest BCUT2D eigenvalue weighted by molar-refractivity contribution is 6.30. The quantitative estimate of drug-likeness (QED) is 0.698. The molecule has 3 N–H and O–H groups in total. The molecule has 30 heavy (non-hydrogen) atoms. The molecule has 1 saturated carbocycles. The van der Waals surface area contributed by atoms with E-state index in [1.165, 1.54) is 4.90 Å². The normalized spacial score (nSPS) is 22.5. The first-order valence-corrected chi connectivity index (χ1v) is 10.9. The summed E-state index contributed by atoms with van der Waals surface area (Å²) in [5.41, 5.74) is 8.10. The molecule has 0 spiro atoms. The fourth-order valence-electron chi connectivity index (χ4n) is 4.52. The molecule has 6 heteroatoms. The second-order valence-corrected chi connectivity index (χ2v) is 9.18. The number of carbonyl (C=O) groups is 1. The number of halogens is 1. The third kappa shape index (κ3) is 3.61. The fraction of sp³-hybridized carbons (Fsp3) is 0.417. The smallest absolute Gasteiger partial charge is 0.262 e. The number of nitrogens with zero attached hydrogens (tertiary/aromatic N) is 2. The van der Waals surface area contributed by atoms with Crippen LogP contribution in [0.15, 0.2) is 53.5 Å². The van der Waals surface area contributed by atoms with Gasteiger partial charge in [0.15, 0.2) is 11.5 Å². The number of hydrogen-bond acceptors (Lipinski definition) is 4. The van der Waals surface area contributed by atoms with E-state index in [0.29, 0.717) is 17.4 Å². The molecule has 1 aliphatic carbocycles. The molecule has 1 heterocycles. The van der Waals surface area contributed by atoms with Crippen molar-refractivity contribution in [2.24, 2.45) is 22.6 Å². The zero-order valence-corrected chi connectivity index (χ0v) is 18.1. The first kappa shape index (κ1) is 20.9. The van der Waals surface area contributed by atoms with Crippen LogP contribution < -0.4 is 5.73 Å². The van der Waals surface area contributed by atoms with Gasteiger partial charge in [-0.1, -0.05) is 55.8 Å². The average molecular weight is 426 g/mol. The van der Waals surface area contributed by atoms with Crippen LogP contribution in [0.2, 0.25) is 5.02 Å². The average Bonchev–Trinajstić information content (AvgIpc) is 3.53. The Morgan fingerprint density at radius 2 is 1.87 bits per heavy atom. The fourth-order valence-corrected chi connectivity index (χ4v) is 4.71. The topological polar surface area (TPSA) is 78.9 Å². The number of nitrogens with two attached hydrogens (primary N) is 1. The third-order valence-corrected chi connectivity index (χ3v) is 6.27. The van der Waals surface area contributed by atoms with Gasteiger partial charge in [-0.2, -0.15) is 0 Å². The lowest BCUT2D eigenvalue weighted by Gasteiger charge is -2.31. The predicted octanol–water partition coefficient (Wildman–Crippen LogP) is 4.18. The van der Waals surface area contributed by atoms with Gasteiger partial charge in [-0.05, 0) is 66.0 Å². The summed E-state index contributed by atoms with van der Waals surface area (Å²) in [6.45, 7) is 4.00. The van der Waals surface area contributed by atoms with Gasteiger partial charge < -0.3 is 10.8 Å². The van der Waals surface area contributed by atoms with Crippen molar-refractivity contribution in [2.75, 3.05) is 6.61 Å². The van der Waals surface area contributed by atoms with Gasteiger partial charge in [0.2, 0.25) is 0 Å². The molecule has 0 bridgehead atoms. The molecule has 2 aromatic rings. The van der Waals surface area contributed by atoms with E-state index in [1.807, 2.05) is 48.5 Å². The number of aliphatic imine (C=N–C) groups is 1. The van der Waals surface area contributed by atoms with E-state index >= 15 is 0 Å². The maximum Gasteiger partial charge on any atom is 0.262 e. The standard InChI is InChI=1S/C24H28ClN3O2/c1-15(2)11-21(14-29)28-22(30)24(18-9-10-18,27-23(28)26)19-7-3-5-16(12-19)17-6-4-8-20(25)13-17/h3-8,12-13,15,18,21,29H,9-11,14H2,1-2H3,(H2,26,27)/t21-,24?/m1/s1. The van der Waals surface area contributed by atoms with Gasteiger partial charge >= 0.3 is 0 Å². The van der Waals surface area contributed by atoms with E-state index in [1.54, 1.807) is 0 Å². The van der Waals surface area contributed by atoms with Crippen molar-refractivity contribution in [3.63, 3.8) is 0 Å². The highest BCUT2D eigenvalue weighted by atomic mass is 35.5. The number of guanidine groups is 1. The maximum absolute atomic E-state index is 13.8. The molecule has 4 rings (SSSR count). The largest absolute Gasteiger partial charge is 0.394 e. The SMILES string of the molecule is CC(C)C[C@H](CO)N1C(=O)C(c2cccc(-c3cccc(Cl)c3)c2)(C2CC2)N=C1N. The van der Waals surface area contributed by atoms with Gasteiger partial charge in [-0.25, -0.2) is 4.99 Å². The molecule has 158 valence electrons. The molecular weight excluding hydrogens is 398 g/mol. The van der Waals surface area contributed by atoms with Crippen LogP contribution in [0.5, 0.6) is 0 Å². The Balaban J connectivity index is 1.76. The molecular formula is C24H28ClN3O2. The zero-order valence-electron chi connectivity index (χ0n) is 17.4. The number of rotatable bonds is 7. The zero-order chi connectivity index (χ0) is 21.5. The van der Waals surface area contributed by atoms with E-state index in [0.717, 1.165) is 29.5 Å². The van der Waals surface area contributed by atoms with E-state index in [-0.39, 0.29) is 30.4 Å². The van der Waals surface area contributed by atoms with Crippen LogP contribution in [0.1, 0.15) is 38.7 Å². The second kappa shape index (κ2) is 8.05. The van der Waals surface area contributed by atoms with Crippen LogP contribution in [-0.2, 0) is 10.3 Å².